The number of hydrogen-bond acceptors (Lipinski definition) is 3. The van der Waals surface area contributed by atoms with E-state index in [1.807, 2.05) is 13.0 Å². The van der Waals surface area contributed by atoms with E-state index in [4.69, 9.17) is 5.73 Å². The molecule has 0 spiro atoms. The average Bonchev–Trinajstić information content (AvgIpc) is 2.32. The standard InChI is InChI=1S/C16H21N3/c1-10-5-11(2)14(12(3)6-10)8-18-16-7-13(4)15(17)9-19-16/h5-7,9H,8,17H2,1-4H3,(H,18,19). The number of nitrogen functional groups attached to an aromatic ring is 1. The lowest BCUT2D eigenvalue weighted by molar-refractivity contribution is 1.06. The molecule has 1 aromatic heterocycles. The van der Waals surface area contributed by atoms with Crippen LogP contribution in [0, 0.1) is 27.7 Å². The second-order valence-electron chi connectivity index (χ2n) is 5.16. The van der Waals surface area contributed by atoms with Crippen LogP contribution in [0.15, 0.2) is 24.4 Å². The molecule has 0 unspecified atom stereocenters. The summed E-state index contributed by atoms with van der Waals surface area (Å²) in [6.45, 7) is 9.21. The van der Waals surface area contributed by atoms with Crippen LogP contribution < -0.4 is 11.1 Å². The van der Waals surface area contributed by atoms with E-state index >= 15 is 0 Å². The minimum Gasteiger partial charge on any atom is -0.397 e. The van der Waals surface area contributed by atoms with Crippen molar-refractivity contribution in [3.05, 3.63) is 52.2 Å². The average molecular weight is 255 g/mol. The largest absolute Gasteiger partial charge is 0.397 e. The summed E-state index contributed by atoms with van der Waals surface area (Å²) >= 11 is 0. The lowest BCUT2D eigenvalue weighted by Gasteiger charge is -2.13. The molecule has 0 saturated heterocycles. The molecular weight excluding hydrogens is 234 g/mol. The summed E-state index contributed by atoms with van der Waals surface area (Å²) in [5.41, 5.74) is 12.8. The smallest absolute Gasteiger partial charge is 0.126 e. The first kappa shape index (κ1) is 13.4. The fourth-order valence-corrected chi connectivity index (χ4v) is 2.33. The van der Waals surface area contributed by atoms with Gasteiger partial charge in [0.25, 0.3) is 0 Å². The molecule has 2 rings (SSSR count). The summed E-state index contributed by atoms with van der Waals surface area (Å²) in [6.07, 6.45) is 1.70. The van der Waals surface area contributed by atoms with Gasteiger partial charge in [0.1, 0.15) is 5.82 Å². The maximum Gasteiger partial charge on any atom is 0.126 e. The Balaban J connectivity index is 2.16. The highest BCUT2D eigenvalue weighted by Crippen LogP contribution is 2.19. The van der Waals surface area contributed by atoms with Crippen LogP contribution in [0.4, 0.5) is 11.5 Å². The van der Waals surface area contributed by atoms with Crippen LogP contribution in [-0.2, 0) is 6.54 Å². The number of anilines is 2. The van der Waals surface area contributed by atoms with Crippen molar-refractivity contribution in [2.45, 2.75) is 34.2 Å². The SMILES string of the molecule is Cc1cc(C)c(CNc2cc(C)c(N)cn2)c(C)c1. The van der Waals surface area contributed by atoms with Crippen molar-refractivity contribution >= 4 is 11.5 Å². The van der Waals surface area contributed by atoms with Crippen LogP contribution in [0.2, 0.25) is 0 Å². The van der Waals surface area contributed by atoms with Crippen LogP contribution in [0.25, 0.3) is 0 Å². The van der Waals surface area contributed by atoms with Gasteiger partial charge in [-0.25, -0.2) is 4.98 Å². The van der Waals surface area contributed by atoms with Crippen LogP contribution >= 0.6 is 0 Å². The molecule has 3 N–H and O–H groups in total. The third kappa shape index (κ3) is 3.05. The van der Waals surface area contributed by atoms with Gasteiger partial charge in [-0.1, -0.05) is 17.7 Å². The van der Waals surface area contributed by atoms with E-state index in [-0.39, 0.29) is 0 Å². The van der Waals surface area contributed by atoms with Crippen LogP contribution in [-0.4, -0.2) is 4.98 Å². The predicted octanol–water partition coefficient (Wildman–Crippen LogP) is 3.51. The van der Waals surface area contributed by atoms with E-state index in [0.29, 0.717) is 0 Å². The summed E-state index contributed by atoms with van der Waals surface area (Å²) < 4.78 is 0. The summed E-state index contributed by atoms with van der Waals surface area (Å²) in [5.74, 6) is 0.867. The molecule has 0 fully saturated rings. The van der Waals surface area contributed by atoms with Crippen LogP contribution in [0.1, 0.15) is 27.8 Å². The van der Waals surface area contributed by atoms with Gasteiger partial charge in [0, 0.05) is 6.54 Å². The molecule has 1 aromatic carbocycles. The van der Waals surface area contributed by atoms with Crippen molar-refractivity contribution in [2.75, 3.05) is 11.1 Å². The van der Waals surface area contributed by atoms with Crippen molar-refractivity contribution in [1.82, 2.24) is 4.98 Å². The number of nitrogens with two attached hydrogens (primary N) is 1. The summed E-state index contributed by atoms with van der Waals surface area (Å²) in [7, 11) is 0. The molecule has 0 radical (unpaired) electrons. The van der Waals surface area contributed by atoms with Gasteiger partial charge >= 0.3 is 0 Å². The number of hydrogen-bond donors (Lipinski definition) is 2. The fraction of sp³-hybridized carbons (Fsp3) is 0.312. The Morgan fingerprint density at radius 1 is 1.00 bits per heavy atom. The van der Waals surface area contributed by atoms with Crippen molar-refractivity contribution in [3.8, 4) is 0 Å². The van der Waals surface area contributed by atoms with Crippen molar-refractivity contribution in [3.63, 3.8) is 0 Å². The zero-order valence-corrected chi connectivity index (χ0v) is 12.0. The normalized spacial score (nSPS) is 10.5. The van der Waals surface area contributed by atoms with E-state index < -0.39 is 0 Å². The topological polar surface area (TPSA) is 50.9 Å². The summed E-state index contributed by atoms with van der Waals surface area (Å²) in [6, 6.07) is 6.41. The molecule has 0 atom stereocenters. The van der Waals surface area contributed by atoms with E-state index in [1.165, 1.54) is 22.3 Å². The van der Waals surface area contributed by atoms with Crippen LogP contribution in [0.5, 0.6) is 0 Å². The molecule has 0 saturated carbocycles. The van der Waals surface area contributed by atoms with Gasteiger partial charge in [0.2, 0.25) is 0 Å². The highest BCUT2D eigenvalue weighted by molar-refractivity contribution is 5.51. The monoisotopic (exact) mass is 255 g/mol. The van der Waals surface area contributed by atoms with Gasteiger partial charge < -0.3 is 11.1 Å². The molecule has 100 valence electrons. The van der Waals surface area contributed by atoms with Crippen molar-refractivity contribution in [1.29, 1.82) is 0 Å². The first-order valence-electron chi connectivity index (χ1n) is 6.50. The first-order chi connectivity index (χ1) is 8.97. The van der Waals surface area contributed by atoms with Gasteiger partial charge in [0.05, 0.1) is 11.9 Å². The van der Waals surface area contributed by atoms with Gasteiger partial charge in [-0.2, -0.15) is 0 Å². The van der Waals surface area contributed by atoms with Gasteiger partial charge in [-0.05, 0) is 56.0 Å². The molecule has 3 heteroatoms. The third-order valence-electron chi connectivity index (χ3n) is 3.44. The Labute approximate surface area is 114 Å². The number of nitrogens with zero attached hydrogens (tertiary/aromatic N) is 1. The maximum absolute atomic E-state index is 5.77. The molecule has 3 nitrogen and oxygen atoms in total. The molecular formula is C16H21N3. The summed E-state index contributed by atoms with van der Waals surface area (Å²) in [5, 5.41) is 3.36. The van der Waals surface area contributed by atoms with Gasteiger partial charge in [-0.3, -0.25) is 0 Å². The van der Waals surface area contributed by atoms with Crippen molar-refractivity contribution in [2.24, 2.45) is 0 Å². The van der Waals surface area contributed by atoms with E-state index in [1.54, 1.807) is 6.20 Å². The number of rotatable bonds is 3. The number of benzene rings is 1. The molecule has 0 aliphatic carbocycles. The molecule has 2 aromatic rings. The zero-order valence-electron chi connectivity index (χ0n) is 12.0. The Morgan fingerprint density at radius 2 is 1.63 bits per heavy atom. The Hall–Kier alpha value is -2.03. The third-order valence-corrected chi connectivity index (χ3v) is 3.44. The second-order valence-corrected chi connectivity index (χ2v) is 5.16. The van der Waals surface area contributed by atoms with Gasteiger partial charge in [-0.15, -0.1) is 0 Å². The van der Waals surface area contributed by atoms with E-state index in [2.05, 4.69) is 43.2 Å². The predicted molar refractivity (Wildman–Crippen MR) is 81.4 cm³/mol. The van der Waals surface area contributed by atoms with E-state index in [0.717, 1.165) is 23.6 Å². The quantitative estimate of drug-likeness (QED) is 0.882. The number of aryl methyl sites for hydroxylation is 4. The lowest BCUT2D eigenvalue weighted by Crippen LogP contribution is -2.06. The summed E-state index contributed by atoms with van der Waals surface area (Å²) in [4.78, 5) is 4.29. The van der Waals surface area contributed by atoms with Crippen molar-refractivity contribution < 1.29 is 0 Å². The molecule has 0 aliphatic heterocycles. The molecule has 0 amide bonds. The molecule has 1 heterocycles. The number of pyridine rings is 1. The lowest BCUT2D eigenvalue weighted by atomic mass is 10.00. The Kier molecular flexibility index (Phi) is 3.74. The molecule has 0 aliphatic rings. The maximum atomic E-state index is 5.77. The number of nitrogens with one attached hydrogen (secondary N) is 1. The minimum absolute atomic E-state index is 0.730. The van der Waals surface area contributed by atoms with Gasteiger partial charge in [0.15, 0.2) is 0 Å². The fourth-order valence-electron chi connectivity index (χ4n) is 2.33. The Morgan fingerprint density at radius 3 is 2.21 bits per heavy atom. The second kappa shape index (κ2) is 5.31. The molecule has 19 heavy (non-hydrogen) atoms. The molecule has 0 bridgehead atoms. The zero-order chi connectivity index (χ0) is 14.0. The minimum atomic E-state index is 0.730. The van der Waals surface area contributed by atoms with E-state index in [9.17, 15) is 0 Å². The van der Waals surface area contributed by atoms with Crippen LogP contribution in [0.3, 0.4) is 0 Å². The number of aromatic nitrogens is 1. The highest BCUT2D eigenvalue weighted by atomic mass is 15.0. The Bertz CT molecular complexity index is 580. The highest BCUT2D eigenvalue weighted by Gasteiger charge is 2.04. The first-order valence-corrected chi connectivity index (χ1v) is 6.50.